The minimum absolute atomic E-state index is 0.238. The Kier molecular flexibility index (Phi) is 2.29. The summed E-state index contributed by atoms with van der Waals surface area (Å²) >= 11 is 0. The minimum Gasteiger partial charge on any atom is -0.390 e. The van der Waals surface area contributed by atoms with Gasteiger partial charge in [-0.25, -0.2) is 0 Å². The average Bonchev–Trinajstić information content (AvgIpc) is 2.44. The van der Waals surface area contributed by atoms with Gasteiger partial charge in [-0.3, -0.25) is 0 Å². The molecule has 0 unspecified atom stereocenters. The maximum Gasteiger partial charge on any atom is 0.161 e. The fourth-order valence-corrected chi connectivity index (χ4v) is 1.92. The molecule has 2 aliphatic rings. The van der Waals surface area contributed by atoms with Crippen molar-refractivity contribution in [3.05, 3.63) is 0 Å². The minimum atomic E-state index is -0.925. The van der Waals surface area contributed by atoms with Gasteiger partial charge in [-0.15, -0.1) is 0 Å². The maximum atomic E-state index is 9.71. The summed E-state index contributed by atoms with van der Waals surface area (Å²) in [6, 6.07) is 0. The zero-order chi connectivity index (χ0) is 9.47. The highest BCUT2D eigenvalue weighted by Crippen LogP contribution is 2.36. The second kappa shape index (κ2) is 3.18. The van der Waals surface area contributed by atoms with Gasteiger partial charge in [0, 0.05) is 13.5 Å². The molecular weight excluding hydrogens is 176 g/mol. The zero-order valence-corrected chi connectivity index (χ0v) is 7.47. The van der Waals surface area contributed by atoms with Crippen molar-refractivity contribution in [2.24, 2.45) is 0 Å². The summed E-state index contributed by atoms with van der Waals surface area (Å²) in [5.74, 6) is 0. The van der Waals surface area contributed by atoms with E-state index in [2.05, 4.69) is 0 Å². The van der Waals surface area contributed by atoms with Gasteiger partial charge in [-0.2, -0.15) is 0 Å². The fraction of sp³-hybridized carbons (Fsp3) is 1.00. The Morgan fingerprint density at radius 3 is 3.00 bits per heavy atom. The van der Waals surface area contributed by atoms with Gasteiger partial charge in [0.15, 0.2) is 6.29 Å². The van der Waals surface area contributed by atoms with E-state index in [-0.39, 0.29) is 13.2 Å². The Labute approximate surface area is 76.2 Å². The van der Waals surface area contributed by atoms with Crippen LogP contribution < -0.4 is 0 Å². The number of rotatable bonds is 2. The third kappa shape index (κ3) is 1.37. The molecule has 2 rings (SSSR count). The van der Waals surface area contributed by atoms with Crippen molar-refractivity contribution in [1.29, 1.82) is 0 Å². The first-order valence-corrected chi connectivity index (χ1v) is 4.32. The molecule has 0 aromatic carbocycles. The van der Waals surface area contributed by atoms with Crippen LogP contribution in [0, 0.1) is 0 Å². The summed E-state index contributed by atoms with van der Waals surface area (Å²) in [6.45, 7) is 0.519. The van der Waals surface area contributed by atoms with Crippen LogP contribution in [0.15, 0.2) is 0 Å². The Morgan fingerprint density at radius 2 is 2.31 bits per heavy atom. The van der Waals surface area contributed by atoms with Crippen molar-refractivity contribution < 1.29 is 24.4 Å². The first kappa shape index (κ1) is 9.36. The lowest BCUT2D eigenvalue weighted by Gasteiger charge is -2.38. The summed E-state index contributed by atoms with van der Waals surface area (Å²) in [5.41, 5.74) is -0.864. The van der Waals surface area contributed by atoms with E-state index < -0.39 is 24.1 Å². The van der Waals surface area contributed by atoms with E-state index in [4.69, 9.17) is 14.2 Å². The molecule has 2 bridgehead atoms. The number of fused-ring (bicyclic) bond motifs is 2. The number of methoxy groups -OCH3 is 1. The van der Waals surface area contributed by atoms with Gasteiger partial charge >= 0.3 is 0 Å². The first-order valence-electron chi connectivity index (χ1n) is 4.32. The topological polar surface area (TPSA) is 68.2 Å². The number of hydrogen-bond donors (Lipinski definition) is 2. The molecule has 0 aromatic rings. The lowest BCUT2D eigenvalue weighted by atomic mass is 9.91. The van der Waals surface area contributed by atoms with Crippen molar-refractivity contribution in [3.63, 3.8) is 0 Å². The third-order valence-electron chi connectivity index (χ3n) is 2.61. The van der Waals surface area contributed by atoms with Crippen molar-refractivity contribution in [1.82, 2.24) is 0 Å². The van der Waals surface area contributed by atoms with Gasteiger partial charge < -0.3 is 24.4 Å². The Bertz CT molecular complexity index is 193. The van der Waals surface area contributed by atoms with Crippen LogP contribution >= 0.6 is 0 Å². The highest BCUT2D eigenvalue weighted by molar-refractivity contribution is 5.00. The van der Waals surface area contributed by atoms with E-state index >= 15 is 0 Å². The molecule has 76 valence electrons. The smallest absolute Gasteiger partial charge is 0.161 e. The second-order valence-electron chi connectivity index (χ2n) is 3.60. The summed E-state index contributed by atoms with van der Waals surface area (Å²) in [5, 5.41) is 19.2. The molecule has 0 radical (unpaired) electrons. The van der Waals surface area contributed by atoms with E-state index in [0.717, 1.165) is 0 Å². The third-order valence-corrected chi connectivity index (χ3v) is 2.61. The molecule has 0 aliphatic carbocycles. The van der Waals surface area contributed by atoms with Gasteiger partial charge in [-0.05, 0) is 0 Å². The second-order valence-corrected chi connectivity index (χ2v) is 3.60. The van der Waals surface area contributed by atoms with Crippen LogP contribution in [0.5, 0.6) is 0 Å². The van der Waals surface area contributed by atoms with Crippen LogP contribution in [0.2, 0.25) is 0 Å². The molecule has 13 heavy (non-hydrogen) atoms. The van der Waals surface area contributed by atoms with Crippen LogP contribution in [0.25, 0.3) is 0 Å². The molecule has 4 atom stereocenters. The van der Waals surface area contributed by atoms with Gasteiger partial charge in [-0.1, -0.05) is 0 Å². The number of aliphatic hydroxyl groups excluding tert-OH is 2. The van der Waals surface area contributed by atoms with Crippen molar-refractivity contribution >= 4 is 0 Å². The molecule has 2 heterocycles. The van der Waals surface area contributed by atoms with Gasteiger partial charge in [0.2, 0.25) is 0 Å². The highest BCUT2D eigenvalue weighted by atomic mass is 16.7. The quantitative estimate of drug-likeness (QED) is 0.576. The zero-order valence-electron chi connectivity index (χ0n) is 7.47. The Hall–Kier alpha value is -0.200. The van der Waals surface area contributed by atoms with Gasteiger partial charge in [0.25, 0.3) is 0 Å². The number of hydrogen-bond acceptors (Lipinski definition) is 5. The molecule has 2 aliphatic heterocycles. The SMILES string of the molecule is COC[C@]12CO[C@H](C[C@@H](O)[C@H]1O)O2. The van der Waals surface area contributed by atoms with E-state index in [1.165, 1.54) is 7.11 Å². The Morgan fingerprint density at radius 1 is 1.54 bits per heavy atom. The monoisotopic (exact) mass is 190 g/mol. The van der Waals surface area contributed by atoms with E-state index in [0.29, 0.717) is 6.42 Å². The first-order chi connectivity index (χ1) is 6.18. The van der Waals surface area contributed by atoms with Crippen LogP contribution in [0.3, 0.4) is 0 Å². The normalized spacial score (nSPS) is 49.6. The van der Waals surface area contributed by atoms with Crippen LogP contribution in [-0.2, 0) is 14.2 Å². The molecule has 0 saturated carbocycles. The highest BCUT2D eigenvalue weighted by Gasteiger charge is 2.54. The molecule has 0 aromatic heterocycles. The molecular formula is C8H14O5. The van der Waals surface area contributed by atoms with Crippen LogP contribution in [0.4, 0.5) is 0 Å². The van der Waals surface area contributed by atoms with Gasteiger partial charge in [0.1, 0.15) is 11.7 Å². The van der Waals surface area contributed by atoms with Crippen molar-refractivity contribution in [3.8, 4) is 0 Å². The van der Waals surface area contributed by atoms with Gasteiger partial charge in [0.05, 0.1) is 19.3 Å². The standard InChI is InChI=1S/C8H14O5/c1-11-3-8-4-12-6(13-8)2-5(9)7(8)10/h5-7,9-10H,2-4H2,1H3/t5-,6+,7-,8+/m1/s1. The fourth-order valence-electron chi connectivity index (χ4n) is 1.92. The maximum absolute atomic E-state index is 9.71. The summed E-state index contributed by atoms with van der Waals surface area (Å²) in [4.78, 5) is 0. The predicted octanol–water partition coefficient (Wildman–Crippen LogP) is -1.13. The van der Waals surface area contributed by atoms with Crippen LogP contribution in [-0.4, -0.2) is 54.6 Å². The van der Waals surface area contributed by atoms with Crippen molar-refractivity contribution in [2.75, 3.05) is 20.3 Å². The van der Waals surface area contributed by atoms with E-state index in [1.54, 1.807) is 0 Å². The molecule has 2 fully saturated rings. The number of ether oxygens (including phenoxy) is 3. The Balaban J connectivity index is 2.15. The largest absolute Gasteiger partial charge is 0.390 e. The predicted molar refractivity (Wildman–Crippen MR) is 42.1 cm³/mol. The molecule has 5 nitrogen and oxygen atoms in total. The molecule has 0 spiro atoms. The molecule has 0 amide bonds. The lowest BCUT2D eigenvalue weighted by Crippen LogP contribution is -2.57. The van der Waals surface area contributed by atoms with E-state index in [9.17, 15) is 10.2 Å². The van der Waals surface area contributed by atoms with E-state index in [1.807, 2.05) is 0 Å². The average molecular weight is 190 g/mol. The lowest BCUT2D eigenvalue weighted by molar-refractivity contribution is -0.222. The summed E-state index contributed by atoms with van der Waals surface area (Å²) < 4.78 is 15.6. The molecule has 2 N–H and O–H groups in total. The molecule has 5 heteroatoms. The summed E-state index contributed by atoms with van der Waals surface area (Å²) in [6.07, 6.45) is -1.77. The van der Waals surface area contributed by atoms with Crippen LogP contribution in [0.1, 0.15) is 6.42 Å². The molecule has 2 saturated heterocycles. The van der Waals surface area contributed by atoms with Crippen molar-refractivity contribution in [2.45, 2.75) is 30.5 Å². The number of aliphatic hydroxyl groups is 2. The summed E-state index contributed by atoms with van der Waals surface area (Å²) in [7, 11) is 1.53.